The van der Waals surface area contributed by atoms with E-state index in [4.69, 9.17) is 21.1 Å². The minimum absolute atomic E-state index is 0.726. The first-order chi connectivity index (χ1) is 11.3. The molecule has 0 amide bonds. The lowest BCUT2D eigenvalue weighted by Gasteiger charge is -2.44. The van der Waals surface area contributed by atoms with E-state index in [9.17, 15) is 0 Å². The fourth-order valence-electron chi connectivity index (χ4n) is 4.74. The van der Waals surface area contributed by atoms with Crippen molar-refractivity contribution >= 4 is 24.2 Å². The number of hydrogen-bond donors (Lipinski definition) is 0. The van der Waals surface area contributed by atoms with Gasteiger partial charge in [0.2, 0.25) is 5.75 Å². The molecule has 0 aromatic heterocycles. The monoisotopic (exact) mass is 354 g/mol. The molecule has 0 N–H and O–H groups in total. The van der Waals surface area contributed by atoms with Gasteiger partial charge in [0.1, 0.15) is 5.30 Å². The van der Waals surface area contributed by atoms with Gasteiger partial charge in [-0.25, -0.2) is 0 Å². The summed E-state index contributed by atoms with van der Waals surface area (Å²) in [7, 11) is 1.89. The van der Waals surface area contributed by atoms with E-state index < -0.39 is 7.26 Å². The van der Waals surface area contributed by atoms with Crippen LogP contribution in [0.1, 0.15) is 51.4 Å². The van der Waals surface area contributed by atoms with E-state index >= 15 is 0 Å². The van der Waals surface area contributed by atoms with E-state index in [0.29, 0.717) is 0 Å². The first-order valence-corrected chi connectivity index (χ1v) is 11.3. The number of methoxy groups -OCH3 is 2. The summed E-state index contributed by atoms with van der Waals surface area (Å²) in [5, 5.41) is 1.34. The van der Waals surface area contributed by atoms with E-state index in [2.05, 4.69) is 17.8 Å². The van der Waals surface area contributed by atoms with Crippen LogP contribution in [0.15, 0.2) is 18.2 Å². The molecule has 2 aliphatic rings. The van der Waals surface area contributed by atoms with Crippen LogP contribution in [0, 0.1) is 5.62 Å². The molecule has 0 unspecified atom stereocenters. The molecule has 23 heavy (non-hydrogen) atoms. The van der Waals surface area contributed by atoms with Crippen molar-refractivity contribution < 1.29 is 9.47 Å². The Hall–Kier alpha value is -0.460. The first-order valence-electron chi connectivity index (χ1n) is 8.82. The predicted molar refractivity (Wildman–Crippen MR) is 101 cm³/mol. The Labute approximate surface area is 146 Å². The molecule has 2 saturated carbocycles. The molecule has 2 fully saturated rings. The lowest BCUT2D eigenvalue weighted by molar-refractivity contribution is 0.357. The van der Waals surface area contributed by atoms with Gasteiger partial charge in [-0.3, -0.25) is 0 Å². The molecule has 2 nitrogen and oxygen atoms in total. The fraction of sp³-hybridized carbons (Fsp3) is 0.632. The van der Waals surface area contributed by atoms with Crippen LogP contribution in [0.25, 0.3) is 0 Å². The Kier molecular flexibility index (Phi) is 5.75. The van der Waals surface area contributed by atoms with Crippen LogP contribution in [0.3, 0.4) is 0 Å². The van der Waals surface area contributed by atoms with Gasteiger partial charge < -0.3 is 21.1 Å². The largest absolute Gasteiger partial charge is 0.493 e. The third-order valence-corrected chi connectivity index (χ3v) is 11.7. The maximum atomic E-state index is 6.67. The van der Waals surface area contributed by atoms with E-state index in [0.717, 1.165) is 22.8 Å². The molecular weight excluding hydrogens is 327 g/mol. The summed E-state index contributed by atoms with van der Waals surface area (Å²) in [6, 6.07) is 6.36. The summed E-state index contributed by atoms with van der Waals surface area (Å²) in [6.07, 6.45) is 10.6. The Bertz CT molecular complexity index is 506. The summed E-state index contributed by atoms with van der Waals surface area (Å²) < 4.78 is 11.4. The smallest absolute Gasteiger partial charge is 0.200 e. The van der Waals surface area contributed by atoms with Gasteiger partial charge in [0.25, 0.3) is 0 Å². The van der Waals surface area contributed by atoms with E-state index in [1.165, 1.54) is 56.7 Å². The van der Waals surface area contributed by atoms with Crippen LogP contribution in [0.4, 0.5) is 0 Å². The van der Waals surface area contributed by atoms with Gasteiger partial charge in [-0.2, -0.15) is 0 Å². The van der Waals surface area contributed by atoms with Gasteiger partial charge in [0, 0.05) is 11.3 Å². The van der Waals surface area contributed by atoms with E-state index in [-0.39, 0.29) is 0 Å². The average Bonchev–Trinajstić information content (AvgIpc) is 3.30. The molecule has 2 aliphatic carbocycles. The molecule has 0 heterocycles. The molecule has 0 saturated heterocycles. The average molecular weight is 355 g/mol. The number of hydrogen-bond acceptors (Lipinski definition) is 2. The molecular formula is C19H28ClO2P. The van der Waals surface area contributed by atoms with Gasteiger partial charge in [-0.1, -0.05) is 18.9 Å². The molecule has 128 valence electrons. The summed E-state index contributed by atoms with van der Waals surface area (Å²) in [4.78, 5) is 0. The summed E-state index contributed by atoms with van der Waals surface area (Å²) in [6.45, 7) is 0. The highest BCUT2D eigenvalue weighted by Gasteiger charge is 2.50. The van der Waals surface area contributed by atoms with E-state index in [1.54, 1.807) is 14.2 Å². The van der Waals surface area contributed by atoms with Crippen molar-refractivity contribution in [2.45, 2.75) is 62.7 Å². The van der Waals surface area contributed by atoms with Gasteiger partial charge >= 0.3 is 0 Å². The SMILES string of the molecule is COc1cccc([P+]([CH-]Cl)(C2CCCC2)C2CCCC2)c1OC. The third kappa shape index (κ3) is 2.98. The highest BCUT2D eigenvalue weighted by molar-refractivity contribution is 7.87. The summed E-state index contributed by atoms with van der Waals surface area (Å²) in [5.74, 6) is 1.75. The maximum absolute atomic E-state index is 6.67. The Morgan fingerprint density at radius 2 is 1.52 bits per heavy atom. The van der Waals surface area contributed by atoms with Gasteiger partial charge in [0.05, 0.1) is 14.2 Å². The molecule has 0 bridgehead atoms. The molecule has 3 rings (SSSR count). The zero-order chi connectivity index (χ0) is 16.3. The second-order valence-electron chi connectivity index (χ2n) is 6.82. The summed E-state index contributed by atoms with van der Waals surface area (Å²) in [5.41, 5.74) is 3.55. The van der Waals surface area contributed by atoms with Crippen LogP contribution in [0.2, 0.25) is 0 Å². The molecule has 1 aromatic carbocycles. The standard InChI is InChI=1S/C19H28ClO2P/c1-21-17-12-7-13-18(19(17)22-2)23(14-20,15-8-3-4-9-15)16-10-5-6-11-16/h7,12-16H,3-6,8-11H2,1-2H3. The Morgan fingerprint density at radius 1 is 0.957 bits per heavy atom. The molecule has 0 aliphatic heterocycles. The Balaban J connectivity index is 2.14. The molecule has 0 spiro atoms. The topological polar surface area (TPSA) is 18.5 Å². The van der Waals surface area contributed by atoms with Gasteiger partial charge in [0.15, 0.2) is 5.75 Å². The van der Waals surface area contributed by atoms with Crippen molar-refractivity contribution in [3.63, 3.8) is 0 Å². The van der Waals surface area contributed by atoms with Gasteiger partial charge in [-0.05, 0) is 63.5 Å². The first kappa shape index (κ1) is 17.4. The maximum Gasteiger partial charge on any atom is 0.200 e. The lowest BCUT2D eigenvalue weighted by Crippen LogP contribution is -2.30. The number of para-hydroxylation sites is 1. The Morgan fingerprint density at radius 3 is 1.96 bits per heavy atom. The zero-order valence-electron chi connectivity index (χ0n) is 14.3. The molecule has 0 radical (unpaired) electrons. The predicted octanol–water partition coefficient (Wildman–Crippen LogP) is 5.59. The normalized spacial score (nSPS) is 20.1. The molecule has 4 heteroatoms. The van der Waals surface area contributed by atoms with Crippen LogP contribution < -0.4 is 14.8 Å². The van der Waals surface area contributed by atoms with Crippen LogP contribution in [-0.2, 0) is 0 Å². The van der Waals surface area contributed by atoms with Crippen molar-refractivity contribution in [1.82, 2.24) is 0 Å². The summed E-state index contributed by atoms with van der Waals surface area (Å²) >= 11 is 6.67. The lowest BCUT2D eigenvalue weighted by atomic mass is 10.3. The van der Waals surface area contributed by atoms with Crippen molar-refractivity contribution in [2.24, 2.45) is 0 Å². The quantitative estimate of drug-likeness (QED) is 0.489. The van der Waals surface area contributed by atoms with Crippen LogP contribution in [-0.4, -0.2) is 25.5 Å². The van der Waals surface area contributed by atoms with Gasteiger partial charge in [-0.15, -0.1) is 0 Å². The van der Waals surface area contributed by atoms with E-state index in [1.807, 2.05) is 6.07 Å². The molecule has 1 aromatic rings. The second kappa shape index (κ2) is 7.62. The number of ether oxygens (including phenoxy) is 2. The fourth-order valence-corrected chi connectivity index (χ4v) is 11.2. The second-order valence-corrected chi connectivity index (χ2v) is 11.2. The minimum Gasteiger partial charge on any atom is -0.493 e. The third-order valence-electron chi connectivity index (χ3n) is 5.82. The highest BCUT2D eigenvalue weighted by Crippen LogP contribution is 2.76. The van der Waals surface area contributed by atoms with Crippen LogP contribution >= 0.6 is 18.9 Å². The number of halogens is 1. The number of benzene rings is 1. The van der Waals surface area contributed by atoms with Crippen LogP contribution in [0.5, 0.6) is 11.5 Å². The van der Waals surface area contributed by atoms with Crippen molar-refractivity contribution in [3.05, 3.63) is 23.8 Å². The zero-order valence-corrected chi connectivity index (χ0v) is 15.9. The minimum atomic E-state index is -1.58. The van der Waals surface area contributed by atoms with Crippen molar-refractivity contribution in [2.75, 3.05) is 14.2 Å². The number of rotatable bonds is 6. The molecule has 0 atom stereocenters. The highest BCUT2D eigenvalue weighted by atomic mass is 35.5. The van der Waals surface area contributed by atoms with Crippen molar-refractivity contribution in [3.8, 4) is 11.5 Å². The van der Waals surface area contributed by atoms with Crippen molar-refractivity contribution in [1.29, 1.82) is 0 Å².